The van der Waals surface area contributed by atoms with Crippen LogP contribution in [0.2, 0.25) is 0 Å². The van der Waals surface area contributed by atoms with Crippen molar-refractivity contribution in [2.45, 2.75) is 26.4 Å². The van der Waals surface area contributed by atoms with E-state index in [4.69, 9.17) is 5.11 Å². The molecule has 0 amide bonds. The Morgan fingerprint density at radius 2 is 2.06 bits per heavy atom. The number of carboxylic acids is 1. The third-order valence-corrected chi connectivity index (χ3v) is 2.48. The Morgan fingerprint density at radius 3 is 2.59 bits per heavy atom. The first-order chi connectivity index (χ1) is 7.93. The summed E-state index contributed by atoms with van der Waals surface area (Å²) in [5.41, 5.74) is 0.122. The molecule has 1 rings (SSSR count). The molecule has 3 nitrogen and oxygen atoms in total. The monoisotopic (exact) mass is 243 g/mol. The van der Waals surface area contributed by atoms with Gasteiger partial charge in [-0.3, -0.25) is 10.1 Å². The molecule has 0 aliphatic carbocycles. The SMILES string of the molecule is CC(C)C(NCc1cccc(F)c1F)C(=O)O. The second-order valence-electron chi connectivity index (χ2n) is 4.15. The lowest BCUT2D eigenvalue weighted by atomic mass is 10.0. The molecule has 0 saturated carbocycles. The molecule has 1 unspecified atom stereocenters. The van der Waals surface area contributed by atoms with Gasteiger partial charge in [0, 0.05) is 12.1 Å². The summed E-state index contributed by atoms with van der Waals surface area (Å²) < 4.78 is 26.2. The lowest BCUT2D eigenvalue weighted by Gasteiger charge is -2.18. The minimum absolute atomic E-state index is 0.0151. The van der Waals surface area contributed by atoms with Gasteiger partial charge in [-0.15, -0.1) is 0 Å². The Kier molecular flexibility index (Phi) is 4.57. The number of nitrogens with one attached hydrogen (secondary N) is 1. The lowest BCUT2D eigenvalue weighted by Crippen LogP contribution is -2.40. The Balaban J connectivity index is 2.72. The zero-order valence-corrected chi connectivity index (χ0v) is 9.71. The van der Waals surface area contributed by atoms with E-state index in [2.05, 4.69) is 5.32 Å². The molecule has 5 heteroatoms. The normalized spacial score (nSPS) is 12.8. The van der Waals surface area contributed by atoms with Crippen molar-refractivity contribution in [1.82, 2.24) is 5.32 Å². The van der Waals surface area contributed by atoms with E-state index in [-0.39, 0.29) is 18.0 Å². The fourth-order valence-electron chi connectivity index (χ4n) is 1.51. The molecule has 0 aromatic heterocycles. The molecular formula is C12H15F2NO2. The number of hydrogen-bond acceptors (Lipinski definition) is 2. The van der Waals surface area contributed by atoms with E-state index in [1.165, 1.54) is 12.1 Å². The predicted octanol–water partition coefficient (Wildman–Crippen LogP) is 2.16. The van der Waals surface area contributed by atoms with Crippen LogP contribution in [0, 0.1) is 17.6 Å². The van der Waals surface area contributed by atoms with Gasteiger partial charge in [0.1, 0.15) is 6.04 Å². The van der Waals surface area contributed by atoms with E-state index in [9.17, 15) is 13.6 Å². The molecule has 1 aromatic rings. The van der Waals surface area contributed by atoms with Crippen molar-refractivity contribution in [2.24, 2.45) is 5.92 Å². The molecule has 0 spiro atoms. The molecule has 0 fully saturated rings. The summed E-state index contributed by atoms with van der Waals surface area (Å²) in [7, 11) is 0. The largest absolute Gasteiger partial charge is 0.480 e. The average molecular weight is 243 g/mol. The standard InChI is InChI=1S/C12H15F2NO2/c1-7(2)11(12(16)17)15-6-8-4-3-5-9(13)10(8)14/h3-5,7,11,15H,6H2,1-2H3,(H,16,17). The minimum atomic E-state index is -1.00. The molecule has 17 heavy (non-hydrogen) atoms. The highest BCUT2D eigenvalue weighted by Gasteiger charge is 2.21. The van der Waals surface area contributed by atoms with Gasteiger partial charge in [-0.2, -0.15) is 0 Å². The number of hydrogen-bond donors (Lipinski definition) is 2. The van der Waals surface area contributed by atoms with Gasteiger partial charge in [-0.1, -0.05) is 26.0 Å². The summed E-state index contributed by atoms with van der Waals surface area (Å²) in [4.78, 5) is 10.9. The van der Waals surface area contributed by atoms with Gasteiger partial charge in [-0.25, -0.2) is 8.78 Å². The van der Waals surface area contributed by atoms with Crippen molar-refractivity contribution in [3.63, 3.8) is 0 Å². The number of rotatable bonds is 5. The van der Waals surface area contributed by atoms with Crippen molar-refractivity contribution in [3.8, 4) is 0 Å². The zero-order valence-electron chi connectivity index (χ0n) is 9.71. The van der Waals surface area contributed by atoms with Crippen LogP contribution in [-0.4, -0.2) is 17.1 Å². The Morgan fingerprint density at radius 1 is 1.41 bits per heavy atom. The van der Waals surface area contributed by atoms with Gasteiger partial charge in [0.25, 0.3) is 0 Å². The fourth-order valence-corrected chi connectivity index (χ4v) is 1.51. The summed E-state index contributed by atoms with van der Waals surface area (Å²) in [6.45, 7) is 3.47. The van der Waals surface area contributed by atoms with Crippen LogP contribution < -0.4 is 5.32 Å². The van der Waals surface area contributed by atoms with Gasteiger partial charge in [0.2, 0.25) is 0 Å². The van der Waals surface area contributed by atoms with E-state index in [1.807, 2.05) is 0 Å². The molecule has 0 aliphatic heterocycles. The lowest BCUT2D eigenvalue weighted by molar-refractivity contribution is -0.140. The van der Waals surface area contributed by atoms with Gasteiger partial charge in [0.15, 0.2) is 11.6 Å². The summed E-state index contributed by atoms with van der Waals surface area (Å²) >= 11 is 0. The van der Waals surface area contributed by atoms with Crippen LogP contribution in [-0.2, 0) is 11.3 Å². The van der Waals surface area contributed by atoms with Crippen LogP contribution in [0.1, 0.15) is 19.4 Å². The molecular weight excluding hydrogens is 228 g/mol. The Labute approximate surface area is 98.5 Å². The third-order valence-electron chi connectivity index (χ3n) is 2.48. The molecule has 1 aromatic carbocycles. The van der Waals surface area contributed by atoms with E-state index < -0.39 is 23.6 Å². The molecule has 94 valence electrons. The van der Waals surface area contributed by atoms with E-state index in [1.54, 1.807) is 13.8 Å². The summed E-state index contributed by atoms with van der Waals surface area (Å²) in [6.07, 6.45) is 0. The van der Waals surface area contributed by atoms with Crippen LogP contribution in [0.15, 0.2) is 18.2 Å². The van der Waals surface area contributed by atoms with Gasteiger partial charge in [-0.05, 0) is 12.0 Å². The minimum Gasteiger partial charge on any atom is -0.480 e. The molecule has 0 heterocycles. The highest BCUT2D eigenvalue weighted by molar-refractivity contribution is 5.73. The summed E-state index contributed by atoms with van der Waals surface area (Å²) in [5.74, 6) is -3.01. The van der Waals surface area contributed by atoms with Crippen molar-refractivity contribution in [2.75, 3.05) is 0 Å². The summed E-state index contributed by atoms with van der Waals surface area (Å²) in [6, 6.07) is 3.05. The number of halogens is 2. The molecule has 0 aliphatic rings. The van der Waals surface area contributed by atoms with Crippen molar-refractivity contribution >= 4 is 5.97 Å². The first-order valence-corrected chi connectivity index (χ1v) is 5.32. The zero-order chi connectivity index (χ0) is 13.0. The van der Waals surface area contributed by atoms with Crippen molar-refractivity contribution < 1.29 is 18.7 Å². The highest BCUT2D eigenvalue weighted by Crippen LogP contribution is 2.12. The van der Waals surface area contributed by atoms with Crippen LogP contribution >= 0.6 is 0 Å². The van der Waals surface area contributed by atoms with E-state index in [0.717, 1.165) is 6.07 Å². The van der Waals surface area contributed by atoms with Crippen molar-refractivity contribution in [3.05, 3.63) is 35.4 Å². The van der Waals surface area contributed by atoms with Gasteiger partial charge in [0.05, 0.1) is 0 Å². The first-order valence-electron chi connectivity index (χ1n) is 5.32. The van der Waals surface area contributed by atoms with Crippen LogP contribution in [0.3, 0.4) is 0 Å². The van der Waals surface area contributed by atoms with E-state index >= 15 is 0 Å². The maximum Gasteiger partial charge on any atom is 0.320 e. The third kappa shape index (κ3) is 3.49. The quantitative estimate of drug-likeness (QED) is 0.833. The van der Waals surface area contributed by atoms with Crippen LogP contribution in [0.25, 0.3) is 0 Å². The van der Waals surface area contributed by atoms with Gasteiger partial charge >= 0.3 is 5.97 Å². The Hall–Kier alpha value is -1.49. The first kappa shape index (κ1) is 13.6. The van der Waals surface area contributed by atoms with Crippen molar-refractivity contribution in [1.29, 1.82) is 0 Å². The smallest absolute Gasteiger partial charge is 0.320 e. The molecule has 1 atom stereocenters. The Bertz CT molecular complexity index is 407. The maximum absolute atomic E-state index is 13.3. The number of benzene rings is 1. The average Bonchev–Trinajstić information content (AvgIpc) is 2.23. The second-order valence-corrected chi connectivity index (χ2v) is 4.15. The molecule has 0 bridgehead atoms. The molecule has 0 radical (unpaired) electrons. The fraction of sp³-hybridized carbons (Fsp3) is 0.417. The highest BCUT2D eigenvalue weighted by atomic mass is 19.2. The topological polar surface area (TPSA) is 49.3 Å². The second kappa shape index (κ2) is 5.72. The number of carbonyl (C=O) groups is 1. The molecule has 0 saturated heterocycles. The maximum atomic E-state index is 13.3. The van der Waals surface area contributed by atoms with E-state index in [0.29, 0.717) is 0 Å². The predicted molar refractivity (Wildman–Crippen MR) is 59.5 cm³/mol. The van der Waals surface area contributed by atoms with Crippen LogP contribution in [0.4, 0.5) is 8.78 Å². The van der Waals surface area contributed by atoms with Crippen LogP contribution in [0.5, 0.6) is 0 Å². The number of aliphatic carboxylic acids is 1. The summed E-state index contributed by atoms with van der Waals surface area (Å²) in [5, 5.41) is 11.6. The molecule has 2 N–H and O–H groups in total. The number of carboxylic acid groups (broad SMARTS) is 1. The van der Waals surface area contributed by atoms with Gasteiger partial charge < -0.3 is 5.11 Å².